The second-order valence-corrected chi connectivity index (χ2v) is 6.43. The Morgan fingerprint density at radius 3 is 2.68 bits per heavy atom. The molecule has 1 heterocycles. The lowest BCUT2D eigenvalue weighted by atomic mass is 10.1. The lowest BCUT2D eigenvalue weighted by molar-refractivity contribution is -0.384. The summed E-state index contributed by atoms with van der Waals surface area (Å²) in [6.07, 6.45) is 0.699. The van der Waals surface area contributed by atoms with Crippen molar-refractivity contribution in [2.24, 2.45) is 0 Å². The number of anilines is 1. The maximum absolute atomic E-state index is 11.5. The van der Waals surface area contributed by atoms with Gasteiger partial charge in [0.1, 0.15) is 11.9 Å². The predicted molar refractivity (Wildman–Crippen MR) is 97.6 cm³/mol. The molecule has 0 bridgehead atoms. The minimum atomic E-state index is -0.330. The minimum Gasteiger partial charge on any atom is -0.372 e. The van der Waals surface area contributed by atoms with Crippen molar-refractivity contribution in [3.63, 3.8) is 0 Å². The number of rotatable bonds is 5. The maximum Gasteiger partial charge on any atom is 0.292 e. The average molecular weight is 341 g/mol. The summed E-state index contributed by atoms with van der Waals surface area (Å²) >= 11 is 0. The molecule has 1 fully saturated rings. The molecule has 0 spiro atoms. The summed E-state index contributed by atoms with van der Waals surface area (Å²) in [5.41, 5.74) is 2.74. The Labute approximate surface area is 147 Å². The van der Waals surface area contributed by atoms with Crippen LogP contribution < -0.4 is 4.90 Å². The van der Waals surface area contributed by atoms with E-state index >= 15 is 0 Å². The Morgan fingerprint density at radius 1 is 1.24 bits per heavy atom. The molecule has 0 amide bonds. The maximum atomic E-state index is 11.5. The highest BCUT2D eigenvalue weighted by Crippen LogP contribution is 2.34. The SMILES string of the molecule is CN(C)c1ccc(C2OCCCN2Cc2ccccc2)cc1[N+](=O)[O-]. The highest BCUT2D eigenvalue weighted by molar-refractivity contribution is 5.63. The summed E-state index contributed by atoms with van der Waals surface area (Å²) in [5, 5.41) is 11.5. The van der Waals surface area contributed by atoms with E-state index in [1.165, 1.54) is 5.56 Å². The molecule has 1 unspecified atom stereocenters. The monoisotopic (exact) mass is 341 g/mol. The van der Waals surface area contributed by atoms with E-state index in [1.54, 1.807) is 31.1 Å². The Morgan fingerprint density at radius 2 is 2.00 bits per heavy atom. The molecule has 1 aliphatic rings. The number of ether oxygens (including phenoxy) is 1. The quantitative estimate of drug-likeness (QED) is 0.614. The molecule has 1 saturated heterocycles. The van der Waals surface area contributed by atoms with Crippen LogP contribution in [0, 0.1) is 10.1 Å². The summed E-state index contributed by atoms with van der Waals surface area (Å²) in [7, 11) is 3.61. The van der Waals surface area contributed by atoms with Crippen molar-refractivity contribution in [3.8, 4) is 0 Å². The van der Waals surface area contributed by atoms with Gasteiger partial charge in [0.2, 0.25) is 0 Å². The van der Waals surface area contributed by atoms with Crippen LogP contribution in [0.1, 0.15) is 23.8 Å². The van der Waals surface area contributed by atoms with E-state index in [0.29, 0.717) is 12.3 Å². The van der Waals surface area contributed by atoms with E-state index in [2.05, 4.69) is 17.0 Å². The fourth-order valence-corrected chi connectivity index (χ4v) is 3.19. The molecule has 3 rings (SSSR count). The predicted octanol–water partition coefficient (Wildman–Crippen LogP) is 3.58. The fraction of sp³-hybridized carbons (Fsp3) is 0.368. The van der Waals surface area contributed by atoms with E-state index in [4.69, 9.17) is 4.74 Å². The fourth-order valence-electron chi connectivity index (χ4n) is 3.19. The van der Waals surface area contributed by atoms with Gasteiger partial charge in [-0.05, 0) is 18.1 Å². The lowest BCUT2D eigenvalue weighted by Crippen LogP contribution is -2.36. The van der Waals surface area contributed by atoms with Gasteiger partial charge in [-0.1, -0.05) is 36.4 Å². The molecular formula is C19H23N3O3. The van der Waals surface area contributed by atoms with E-state index in [0.717, 1.165) is 25.1 Å². The summed E-state index contributed by atoms with van der Waals surface area (Å²) in [6, 6.07) is 15.6. The van der Waals surface area contributed by atoms with Crippen molar-refractivity contribution in [1.82, 2.24) is 4.90 Å². The third kappa shape index (κ3) is 3.97. The molecule has 1 aliphatic heterocycles. The molecule has 0 N–H and O–H groups in total. The van der Waals surface area contributed by atoms with Crippen LogP contribution in [0.15, 0.2) is 48.5 Å². The van der Waals surface area contributed by atoms with E-state index in [-0.39, 0.29) is 16.8 Å². The summed E-state index contributed by atoms with van der Waals surface area (Å²) in [5.74, 6) is 0. The van der Waals surface area contributed by atoms with Crippen LogP contribution in [0.4, 0.5) is 11.4 Å². The van der Waals surface area contributed by atoms with Gasteiger partial charge in [0.15, 0.2) is 0 Å². The van der Waals surface area contributed by atoms with E-state index < -0.39 is 0 Å². The molecule has 25 heavy (non-hydrogen) atoms. The van der Waals surface area contributed by atoms with Crippen LogP contribution >= 0.6 is 0 Å². The van der Waals surface area contributed by atoms with Gasteiger partial charge < -0.3 is 9.64 Å². The van der Waals surface area contributed by atoms with Crippen LogP contribution in [0.25, 0.3) is 0 Å². The molecule has 0 saturated carbocycles. The molecule has 0 radical (unpaired) electrons. The van der Waals surface area contributed by atoms with E-state index in [9.17, 15) is 10.1 Å². The molecule has 2 aromatic carbocycles. The van der Waals surface area contributed by atoms with Gasteiger partial charge in [0.05, 0.1) is 11.5 Å². The van der Waals surface area contributed by atoms with Crippen LogP contribution in [-0.2, 0) is 11.3 Å². The molecule has 1 atom stereocenters. The Hall–Kier alpha value is -2.44. The van der Waals surface area contributed by atoms with Gasteiger partial charge in [0, 0.05) is 38.8 Å². The first-order chi connectivity index (χ1) is 12.1. The molecular weight excluding hydrogens is 318 g/mol. The first-order valence-electron chi connectivity index (χ1n) is 8.41. The summed E-state index contributed by atoms with van der Waals surface area (Å²) < 4.78 is 5.97. The zero-order chi connectivity index (χ0) is 17.8. The third-order valence-corrected chi connectivity index (χ3v) is 4.39. The number of benzene rings is 2. The first-order valence-corrected chi connectivity index (χ1v) is 8.41. The van der Waals surface area contributed by atoms with Crippen molar-refractivity contribution in [3.05, 3.63) is 69.8 Å². The summed E-state index contributed by atoms with van der Waals surface area (Å²) in [6.45, 7) is 2.33. The molecule has 6 heteroatoms. The number of nitro benzene ring substituents is 1. The molecule has 0 aromatic heterocycles. The number of hydrogen-bond donors (Lipinski definition) is 0. The van der Waals surface area contributed by atoms with Crippen LogP contribution in [-0.4, -0.2) is 37.1 Å². The third-order valence-electron chi connectivity index (χ3n) is 4.39. The zero-order valence-electron chi connectivity index (χ0n) is 14.6. The smallest absolute Gasteiger partial charge is 0.292 e. The highest BCUT2D eigenvalue weighted by atomic mass is 16.6. The minimum absolute atomic E-state index is 0.108. The summed E-state index contributed by atoms with van der Waals surface area (Å²) in [4.78, 5) is 15.1. The normalized spacial score (nSPS) is 18.1. The van der Waals surface area contributed by atoms with Gasteiger partial charge in [0.25, 0.3) is 5.69 Å². The second kappa shape index (κ2) is 7.63. The lowest BCUT2D eigenvalue weighted by Gasteiger charge is -2.36. The molecule has 132 valence electrons. The van der Waals surface area contributed by atoms with E-state index in [1.807, 2.05) is 24.3 Å². The zero-order valence-corrected chi connectivity index (χ0v) is 14.6. The van der Waals surface area contributed by atoms with Crippen LogP contribution in [0.3, 0.4) is 0 Å². The van der Waals surface area contributed by atoms with Gasteiger partial charge in [-0.15, -0.1) is 0 Å². The second-order valence-electron chi connectivity index (χ2n) is 6.43. The van der Waals surface area contributed by atoms with Crippen molar-refractivity contribution >= 4 is 11.4 Å². The van der Waals surface area contributed by atoms with Crippen molar-refractivity contribution < 1.29 is 9.66 Å². The van der Waals surface area contributed by atoms with Crippen LogP contribution in [0.5, 0.6) is 0 Å². The Kier molecular flexibility index (Phi) is 5.31. The van der Waals surface area contributed by atoms with Crippen molar-refractivity contribution in [2.75, 3.05) is 32.1 Å². The molecule has 0 aliphatic carbocycles. The Bertz CT molecular complexity index is 734. The van der Waals surface area contributed by atoms with Gasteiger partial charge >= 0.3 is 0 Å². The number of nitrogens with zero attached hydrogens (tertiary/aromatic N) is 3. The van der Waals surface area contributed by atoms with Crippen LogP contribution in [0.2, 0.25) is 0 Å². The van der Waals surface area contributed by atoms with Gasteiger partial charge in [-0.3, -0.25) is 15.0 Å². The van der Waals surface area contributed by atoms with Gasteiger partial charge in [-0.2, -0.15) is 0 Å². The largest absolute Gasteiger partial charge is 0.372 e. The van der Waals surface area contributed by atoms with Gasteiger partial charge in [-0.25, -0.2) is 0 Å². The van der Waals surface area contributed by atoms with Crippen molar-refractivity contribution in [1.29, 1.82) is 0 Å². The number of hydrogen-bond acceptors (Lipinski definition) is 5. The van der Waals surface area contributed by atoms with Crippen molar-refractivity contribution in [2.45, 2.75) is 19.2 Å². The standard InChI is InChI=1S/C19H23N3O3/c1-20(2)17-10-9-16(13-18(17)22(23)24)19-21(11-6-12-25-19)14-15-7-4-3-5-8-15/h3-5,7-10,13,19H,6,11-12,14H2,1-2H3. The molecule has 6 nitrogen and oxygen atoms in total. The highest BCUT2D eigenvalue weighted by Gasteiger charge is 2.27. The number of nitro groups is 1. The topological polar surface area (TPSA) is 58.8 Å². The Balaban J connectivity index is 1.89. The first kappa shape index (κ1) is 17.4. The molecule has 2 aromatic rings. The average Bonchev–Trinajstić information content (AvgIpc) is 2.62.